The maximum Gasteiger partial charge on any atom is 0.222 e. The molecule has 0 aromatic carbocycles. The van der Waals surface area contributed by atoms with Gasteiger partial charge in [0.25, 0.3) is 0 Å². The van der Waals surface area contributed by atoms with Gasteiger partial charge in [-0.3, -0.25) is 4.79 Å². The minimum atomic E-state index is 0.195. The lowest BCUT2D eigenvalue weighted by Crippen LogP contribution is -2.28. The van der Waals surface area contributed by atoms with Crippen molar-refractivity contribution in [1.29, 1.82) is 0 Å². The molecule has 1 aliphatic heterocycles. The Balaban J connectivity index is 2.23. The first-order valence-corrected chi connectivity index (χ1v) is 4.67. The van der Waals surface area contributed by atoms with E-state index in [-0.39, 0.29) is 5.91 Å². The van der Waals surface area contributed by atoms with Gasteiger partial charge in [-0.05, 0) is 12.8 Å². The highest BCUT2D eigenvalue weighted by Gasteiger charge is 2.16. The normalized spacial score (nSPS) is 16.5. The minimum Gasteiger partial charge on any atom is -0.393 e. The summed E-state index contributed by atoms with van der Waals surface area (Å²) in [7, 11) is 0. The highest BCUT2D eigenvalue weighted by Crippen LogP contribution is 2.09. The number of nitrogens with two attached hydrogens (primary N) is 1. The van der Waals surface area contributed by atoms with E-state index in [4.69, 9.17) is 18.0 Å². The first-order valence-electron chi connectivity index (χ1n) is 4.26. The smallest absolute Gasteiger partial charge is 0.222 e. The molecule has 1 saturated heterocycles. The van der Waals surface area contributed by atoms with E-state index < -0.39 is 0 Å². The van der Waals surface area contributed by atoms with E-state index >= 15 is 0 Å². The predicted octanol–water partition coefficient (Wildman–Crippen LogP) is 0.675. The van der Waals surface area contributed by atoms with Gasteiger partial charge in [-0.2, -0.15) is 0 Å². The highest BCUT2D eigenvalue weighted by molar-refractivity contribution is 7.80. The molecule has 1 heterocycles. The van der Waals surface area contributed by atoms with Crippen molar-refractivity contribution in [2.24, 2.45) is 5.73 Å². The van der Waals surface area contributed by atoms with Crippen LogP contribution in [0.3, 0.4) is 0 Å². The Bertz CT molecular complexity index is 187. The Labute approximate surface area is 77.9 Å². The lowest BCUT2D eigenvalue weighted by atomic mass is 10.3. The number of nitrogens with zero attached hydrogens (tertiary/aromatic N) is 1. The average molecular weight is 186 g/mol. The minimum absolute atomic E-state index is 0.195. The quantitative estimate of drug-likeness (QED) is 0.659. The fraction of sp³-hybridized carbons (Fsp3) is 0.750. The second-order valence-corrected chi connectivity index (χ2v) is 3.58. The topological polar surface area (TPSA) is 46.3 Å². The molecule has 2 N–H and O–H groups in total. The van der Waals surface area contributed by atoms with E-state index in [9.17, 15) is 4.79 Å². The molecule has 0 aliphatic carbocycles. The van der Waals surface area contributed by atoms with Crippen LogP contribution in [0.2, 0.25) is 0 Å². The van der Waals surface area contributed by atoms with Gasteiger partial charge in [0.1, 0.15) is 0 Å². The van der Waals surface area contributed by atoms with Gasteiger partial charge in [0.05, 0.1) is 4.99 Å². The standard InChI is InChI=1S/C8H14N2OS/c9-7(12)3-4-8(11)10-5-1-2-6-10/h1-6H2,(H2,9,12). The van der Waals surface area contributed by atoms with Crippen LogP contribution in [0, 0.1) is 0 Å². The summed E-state index contributed by atoms with van der Waals surface area (Å²) < 4.78 is 0. The molecule has 3 nitrogen and oxygen atoms in total. The van der Waals surface area contributed by atoms with Crippen LogP contribution < -0.4 is 5.73 Å². The number of hydrogen-bond acceptors (Lipinski definition) is 2. The molecule has 0 unspecified atom stereocenters. The molecule has 0 bridgehead atoms. The second kappa shape index (κ2) is 4.40. The Morgan fingerprint density at radius 3 is 2.42 bits per heavy atom. The maximum atomic E-state index is 11.4. The number of carbonyl (C=O) groups is 1. The molecule has 0 saturated carbocycles. The number of carbonyl (C=O) groups excluding carboxylic acids is 1. The summed E-state index contributed by atoms with van der Waals surface area (Å²) in [5, 5.41) is 0. The maximum absolute atomic E-state index is 11.4. The van der Waals surface area contributed by atoms with Crippen LogP contribution in [0.4, 0.5) is 0 Å². The fourth-order valence-corrected chi connectivity index (χ4v) is 1.46. The van der Waals surface area contributed by atoms with Gasteiger partial charge in [-0.15, -0.1) is 0 Å². The Hall–Kier alpha value is -0.640. The van der Waals surface area contributed by atoms with Crippen LogP contribution in [0.1, 0.15) is 25.7 Å². The highest BCUT2D eigenvalue weighted by atomic mass is 32.1. The van der Waals surface area contributed by atoms with Crippen LogP contribution in [0.5, 0.6) is 0 Å². The SMILES string of the molecule is NC(=S)CCC(=O)N1CCCC1. The van der Waals surface area contributed by atoms with Crippen LogP contribution in [0.15, 0.2) is 0 Å². The van der Waals surface area contributed by atoms with Crippen molar-refractivity contribution in [3.05, 3.63) is 0 Å². The lowest BCUT2D eigenvalue weighted by Gasteiger charge is -2.14. The molecule has 1 rings (SSSR count). The molecule has 0 aromatic heterocycles. The first kappa shape index (κ1) is 9.45. The lowest BCUT2D eigenvalue weighted by molar-refractivity contribution is -0.129. The van der Waals surface area contributed by atoms with Gasteiger partial charge < -0.3 is 10.6 Å². The van der Waals surface area contributed by atoms with Crippen molar-refractivity contribution in [2.45, 2.75) is 25.7 Å². The van der Waals surface area contributed by atoms with Crippen molar-refractivity contribution >= 4 is 23.1 Å². The zero-order valence-corrected chi connectivity index (χ0v) is 7.90. The van der Waals surface area contributed by atoms with E-state index in [1.165, 1.54) is 0 Å². The molecule has 1 amide bonds. The summed E-state index contributed by atoms with van der Waals surface area (Å²) in [5.41, 5.74) is 5.30. The summed E-state index contributed by atoms with van der Waals surface area (Å²) >= 11 is 4.70. The van der Waals surface area contributed by atoms with Gasteiger partial charge in [-0.25, -0.2) is 0 Å². The third-order valence-corrected chi connectivity index (χ3v) is 2.25. The Morgan fingerprint density at radius 2 is 1.92 bits per heavy atom. The largest absolute Gasteiger partial charge is 0.393 e. The molecule has 68 valence electrons. The van der Waals surface area contributed by atoms with E-state index in [0.717, 1.165) is 25.9 Å². The summed E-state index contributed by atoms with van der Waals surface area (Å²) in [5.74, 6) is 0.195. The van der Waals surface area contributed by atoms with Crippen molar-refractivity contribution in [1.82, 2.24) is 4.90 Å². The molecule has 1 aliphatic rings. The predicted molar refractivity (Wildman–Crippen MR) is 51.8 cm³/mol. The van der Waals surface area contributed by atoms with Crippen LogP contribution in [-0.2, 0) is 4.79 Å². The van der Waals surface area contributed by atoms with E-state index in [1.54, 1.807) is 0 Å². The molecule has 1 fully saturated rings. The number of thiocarbonyl (C=S) groups is 1. The summed E-state index contributed by atoms with van der Waals surface area (Å²) in [6, 6.07) is 0. The van der Waals surface area contributed by atoms with Crippen molar-refractivity contribution in [3.8, 4) is 0 Å². The van der Waals surface area contributed by atoms with Gasteiger partial charge in [0.2, 0.25) is 5.91 Å². The molecule has 4 heteroatoms. The summed E-state index contributed by atoms with van der Waals surface area (Å²) in [4.78, 5) is 13.7. The van der Waals surface area contributed by atoms with Crippen LogP contribution in [0.25, 0.3) is 0 Å². The Kier molecular flexibility index (Phi) is 3.47. The number of amides is 1. The molecular weight excluding hydrogens is 172 g/mol. The van der Waals surface area contributed by atoms with Gasteiger partial charge >= 0.3 is 0 Å². The third-order valence-electron chi connectivity index (χ3n) is 2.04. The Morgan fingerprint density at radius 1 is 1.33 bits per heavy atom. The van der Waals surface area contributed by atoms with E-state index in [1.807, 2.05) is 4.90 Å². The van der Waals surface area contributed by atoms with Crippen molar-refractivity contribution in [2.75, 3.05) is 13.1 Å². The zero-order valence-electron chi connectivity index (χ0n) is 7.08. The molecule has 0 aromatic rings. The molecular formula is C8H14N2OS. The number of hydrogen-bond donors (Lipinski definition) is 1. The van der Waals surface area contributed by atoms with Gasteiger partial charge in [0.15, 0.2) is 0 Å². The third kappa shape index (κ3) is 2.77. The fourth-order valence-electron chi connectivity index (χ4n) is 1.35. The van der Waals surface area contributed by atoms with Gasteiger partial charge in [-0.1, -0.05) is 12.2 Å². The van der Waals surface area contributed by atoms with Crippen LogP contribution >= 0.6 is 12.2 Å². The molecule has 0 spiro atoms. The molecule has 0 atom stereocenters. The molecule has 12 heavy (non-hydrogen) atoms. The summed E-state index contributed by atoms with van der Waals surface area (Å²) in [6.45, 7) is 1.83. The van der Waals surface area contributed by atoms with Gasteiger partial charge in [0, 0.05) is 25.9 Å². The number of rotatable bonds is 3. The van der Waals surface area contributed by atoms with E-state index in [2.05, 4.69) is 0 Å². The second-order valence-electron chi connectivity index (χ2n) is 3.05. The summed E-state index contributed by atoms with van der Waals surface area (Å²) in [6.07, 6.45) is 3.30. The number of likely N-dealkylation sites (tertiary alicyclic amines) is 1. The zero-order chi connectivity index (χ0) is 8.97. The monoisotopic (exact) mass is 186 g/mol. The van der Waals surface area contributed by atoms with E-state index in [0.29, 0.717) is 17.8 Å². The average Bonchev–Trinajstić information content (AvgIpc) is 2.51. The van der Waals surface area contributed by atoms with Crippen molar-refractivity contribution in [3.63, 3.8) is 0 Å². The van der Waals surface area contributed by atoms with Crippen LogP contribution in [-0.4, -0.2) is 28.9 Å². The first-order chi connectivity index (χ1) is 5.70. The van der Waals surface area contributed by atoms with Crippen molar-refractivity contribution < 1.29 is 4.79 Å². The molecule has 0 radical (unpaired) electrons.